The maximum atomic E-state index is 12.4. The van der Waals surface area contributed by atoms with E-state index in [0.29, 0.717) is 17.9 Å². The van der Waals surface area contributed by atoms with E-state index in [0.717, 1.165) is 16.2 Å². The van der Waals surface area contributed by atoms with Crippen LogP contribution in [0.4, 0.5) is 0 Å². The standard InChI is InChI=1S/C11H17NO3S2/c1-8-6-11(9(2)16-8)17(14,15)12-5-3-4-10(13)7-12/h6,10,13H,3-5,7H2,1-2H3. The van der Waals surface area contributed by atoms with Crippen LogP contribution in [0, 0.1) is 13.8 Å². The third-order valence-corrected chi connectivity index (χ3v) is 6.06. The first-order valence-electron chi connectivity index (χ1n) is 5.66. The van der Waals surface area contributed by atoms with Crippen LogP contribution in [0.1, 0.15) is 22.6 Å². The van der Waals surface area contributed by atoms with Crippen LogP contribution in [-0.2, 0) is 10.0 Å². The minimum absolute atomic E-state index is 0.219. The van der Waals surface area contributed by atoms with E-state index in [1.54, 1.807) is 6.07 Å². The number of nitrogens with zero attached hydrogens (tertiary/aromatic N) is 1. The predicted octanol–water partition coefficient (Wildman–Crippen LogP) is 1.51. The van der Waals surface area contributed by atoms with Gasteiger partial charge in [-0.05, 0) is 32.8 Å². The molecule has 0 saturated carbocycles. The van der Waals surface area contributed by atoms with Crippen LogP contribution in [0.25, 0.3) is 0 Å². The minimum Gasteiger partial charge on any atom is -0.392 e. The van der Waals surface area contributed by atoms with Crippen molar-refractivity contribution in [2.75, 3.05) is 13.1 Å². The van der Waals surface area contributed by atoms with Crippen molar-refractivity contribution >= 4 is 21.4 Å². The van der Waals surface area contributed by atoms with Crippen LogP contribution in [0.2, 0.25) is 0 Å². The molecule has 1 aliphatic rings. The Balaban J connectivity index is 2.33. The Bertz CT molecular complexity index is 507. The van der Waals surface area contributed by atoms with Gasteiger partial charge < -0.3 is 5.11 Å². The minimum atomic E-state index is -3.42. The second-order valence-electron chi connectivity index (χ2n) is 4.44. The molecule has 0 radical (unpaired) electrons. The van der Waals surface area contributed by atoms with Gasteiger partial charge >= 0.3 is 0 Å². The topological polar surface area (TPSA) is 57.6 Å². The van der Waals surface area contributed by atoms with Crippen molar-refractivity contribution in [1.29, 1.82) is 0 Å². The molecule has 1 unspecified atom stereocenters. The molecule has 0 aliphatic carbocycles. The van der Waals surface area contributed by atoms with Gasteiger partial charge in [0.15, 0.2) is 0 Å². The van der Waals surface area contributed by atoms with Gasteiger partial charge in [-0.3, -0.25) is 0 Å². The van der Waals surface area contributed by atoms with Gasteiger partial charge in [0.05, 0.1) is 11.0 Å². The first-order chi connectivity index (χ1) is 7.91. The van der Waals surface area contributed by atoms with Crippen LogP contribution in [0.5, 0.6) is 0 Å². The highest BCUT2D eigenvalue weighted by atomic mass is 32.2. The molecular weight excluding hydrogens is 258 g/mol. The normalized spacial score (nSPS) is 22.9. The Morgan fingerprint density at radius 3 is 2.71 bits per heavy atom. The Morgan fingerprint density at radius 2 is 2.18 bits per heavy atom. The van der Waals surface area contributed by atoms with E-state index in [1.165, 1.54) is 15.6 Å². The maximum absolute atomic E-state index is 12.4. The number of rotatable bonds is 2. The number of piperidine rings is 1. The van der Waals surface area contributed by atoms with Crippen molar-refractivity contribution in [3.05, 3.63) is 15.8 Å². The summed E-state index contributed by atoms with van der Waals surface area (Å²) in [4.78, 5) is 2.22. The lowest BCUT2D eigenvalue weighted by molar-refractivity contribution is 0.108. The van der Waals surface area contributed by atoms with Gasteiger partial charge in [-0.1, -0.05) is 0 Å². The van der Waals surface area contributed by atoms with Crippen LogP contribution in [0.15, 0.2) is 11.0 Å². The van der Waals surface area contributed by atoms with Crippen molar-refractivity contribution < 1.29 is 13.5 Å². The predicted molar refractivity (Wildman–Crippen MR) is 67.8 cm³/mol. The summed E-state index contributed by atoms with van der Waals surface area (Å²) in [6, 6.07) is 1.72. The van der Waals surface area contributed by atoms with Crippen molar-refractivity contribution in [1.82, 2.24) is 4.31 Å². The molecule has 1 aromatic heterocycles. The number of hydrogen-bond donors (Lipinski definition) is 1. The Labute approximate surface area is 106 Å². The van der Waals surface area contributed by atoms with Crippen molar-refractivity contribution in [3.63, 3.8) is 0 Å². The Kier molecular flexibility index (Phi) is 3.58. The molecule has 6 heteroatoms. The number of sulfonamides is 1. The van der Waals surface area contributed by atoms with Gasteiger partial charge in [0, 0.05) is 22.8 Å². The molecule has 17 heavy (non-hydrogen) atoms. The summed E-state index contributed by atoms with van der Waals surface area (Å²) in [6.07, 6.45) is 0.884. The summed E-state index contributed by atoms with van der Waals surface area (Å²) in [5.74, 6) is 0. The second-order valence-corrected chi connectivity index (χ2v) is 7.80. The summed E-state index contributed by atoms with van der Waals surface area (Å²) >= 11 is 1.49. The number of aliphatic hydroxyl groups is 1. The zero-order valence-corrected chi connectivity index (χ0v) is 11.6. The van der Waals surface area contributed by atoms with E-state index < -0.39 is 16.1 Å². The summed E-state index contributed by atoms with van der Waals surface area (Å²) in [5.41, 5.74) is 0. The van der Waals surface area contributed by atoms with Gasteiger partial charge in [0.25, 0.3) is 0 Å². The molecule has 2 rings (SSSR count). The van der Waals surface area contributed by atoms with E-state index in [-0.39, 0.29) is 6.54 Å². The Morgan fingerprint density at radius 1 is 1.47 bits per heavy atom. The number of aryl methyl sites for hydroxylation is 2. The second kappa shape index (κ2) is 4.68. The van der Waals surface area contributed by atoms with E-state index in [4.69, 9.17) is 0 Å². The first kappa shape index (κ1) is 13.0. The van der Waals surface area contributed by atoms with Gasteiger partial charge in [0.2, 0.25) is 10.0 Å². The van der Waals surface area contributed by atoms with Crippen molar-refractivity contribution in [2.45, 2.75) is 37.7 Å². The van der Waals surface area contributed by atoms with Crippen LogP contribution in [-0.4, -0.2) is 37.0 Å². The zero-order valence-electron chi connectivity index (χ0n) is 10.0. The molecule has 1 aromatic rings. The van der Waals surface area contributed by atoms with Crippen molar-refractivity contribution in [3.8, 4) is 0 Å². The molecule has 0 spiro atoms. The third-order valence-electron chi connectivity index (χ3n) is 2.97. The summed E-state index contributed by atoms with van der Waals surface area (Å²) in [6.45, 7) is 4.46. The number of aliphatic hydroxyl groups excluding tert-OH is 1. The lowest BCUT2D eigenvalue weighted by Crippen LogP contribution is -2.42. The van der Waals surface area contributed by atoms with E-state index in [2.05, 4.69) is 0 Å². The van der Waals surface area contributed by atoms with Crippen LogP contribution < -0.4 is 0 Å². The van der Waals surface area contributed by atoms with Gasteiger partial charge in [-0.15, -0.1) is 11.3 Å². The van der Waals surface area contributed by atoms with E-state index in [1.807, 2.05) is 13.8 Å². The summed E-state index contributed by atoms with van der Waals surface area (Å²) < 4.78 is 26.2. The highest BCUT2D eigenvalue weighted by Crippen LogP contribution is 2.29. The molecule has 2 heterocycles. The number of β-amino-alcohol motifs (C(OH)–C–C–N with tert-alkyl or cyclic N) is 1. The van der Waals surface area contributed by atoms with E-state index >= 15 is 0 Å². The quantitative estimate of drug-likeness (QED) is 0.890. The molecule has 1 N–H and O–H groups in total. The lowest BCUT2D eigenvalue weighted by atomic mass is 10.1. The highest BCUT2D eigenvalue weighted by Gasteiger charge is 2.31. The van der Waals surface area contributed by atoms with Crippen molar-refractivity contribution in [2.24, 2.45) is 0 Å². The fraction of sp³-hybridized carbons (Fsp3) is 0.636. The van der Waals surface area contributed by atoms with Crippen LogP contribution in [0.3, 0.4) is 0 Å². The molecule has 1 saturated heterocycles. The van der Waals surface area contributed by atoms with E-state index in [9.17, 15) is 13.5 Å². The average Bonchev–Trinajstić information content (AvgIpc) is 2.58. The number of thiophene rings is 1. The zero-order chi connectivity index (χ0) is 12.6. The molecule has 96 valence electrons. The molecule has 1 aliphatic heterocycles. The van der Waals surface area contributed by atoms with Gasteiger partial charge in [-0.2, -0.15) is 4.31 Å². The smallest absolute Gasteiger partial charge is 0.244 e. The molecular formula is C11H17NO3S2. The molecule has 4 nitrogen and oxygen atoms in total. The fourth-order valence-corrected chi connectivity index (χ4v) is 5.18. The SMILES string of the molecule is Cc1cc(S(=O)(=O)N2CCCC(O)C2)c(C)s1. The summed E-state index contributed by atoms with van der Waals surface area (Å²) in [5, 5.41) is 9.56. The fourth-order valence-electron chi connectivity index (χ4n) is 2.14. The monoisotopic (exact) mass is 275 g/mol. The molecule has 0 bridgehead atoms. The van der Waals surface area contributed by atoms with Gasteiger partial charge in [-0.25, -0.2) is 8.42 Å². The van der Waals surface area contributed by atoms with Gasteiger partial charge in [0.1, 0.15) is 0 Å². The number of hydrogen-bond acceptors (Lipinski definition) is 4. The van der Waals surface area contributed by atoms with Crippen LogP contribution >= 0.6 is 11.3 Å². The molecule has 1 fully saturated rings. The Hall–Kier alpha value is -0.430. The third kappa shape index (κ3) is 2.54. The largest absolute Gasteiger partial charge is 0.392 e. The maximum Gasteiger partial charge on any atom is 0.244 e. The molecule has 0 amide bonds. The highest BCUT2D eigenvalue weighted by molar-refractivity contribution is 7.89. The first-order valence-corrected chi connectivity index (χ1v) is 7.92. The molecule has 0 aromatic carbocycles. The molecule has 1 atom stereocenters. The average molecular weight is 275 g/mol. The lowest BCUT2D eigenvalue weighted by Gasteiger charge is -2.29. The summed E-state index contributed by atoms with van der Waals surface area (Å²) in [7, 11) is -3.42.